The van der Waals surface area contributed by atoms with Crippen molar-refractivity contribution in [3.63, 3.8) is 0 Å². The Hall–Kier alpha value is -4.00. The molecule has 1 aliphatic rings. The van der Waals surface area contributed by atoms with E-state index in [1.807, 2.05) is 37.3 Å². The van der Waals surface area contributed by atoms with E-state index in [9.17, 15) is 14.0 Å². The minimum atomic E-state index is -0.796. The van der Waals surface area contributed by atoms with Crippen LogP contribution in [-0.4, -0.2) is 17.5 Å². The van der Waals surface area contributed by atoms with E-state index in [0.29, 0.717) is 23.7 Å². The van der Waals surface area contributed by atoms with Crippen LogP contribution in [0.3, 0.4) is 0 Å². The van der Waals surface area contributed by atoms with Crippen molar-refractivity contribution >= 4 is 22.7 Å². The van der Waals surface area contributed by atoms with E-state index in [2.05, 4.69) is 11.9 Å². The molecule has 1 atom stereocenters. The second kappa shape index (κ2) is 9.33. The van der Waals surface area contributed by atoms with Gasteiger partial charge in [0.2, 0.25) is 5.76 Å². The maximum Gasteiger partial charge on any atom is 0.296 e. The van der Waals surface area contributed by atoms with Gasteiger partial charge in [-0.2, -0.15) is 0 Å². The van der Waals surface area contributed by atoms with Gasteiger partial charge in [0.25, 0.3) is 5.91 Å². The molecule has 4 aromatic rings. The minimum Gasteiger partial charge on any atom is -0.494 e. The lowest BCUT2D eigenvalue weighted by atomic mass is 9.98. The summed E-state index contributed by atoms with van der Waals surface area (Å²) in [7, 11) is 0. The summed E-state index contributed by atoms with van der Waals surface area (Å²) in [5, 5.41) is 0.0903. The molecule has 0 bridgehead atoms. The highest BCUT2D eigenvalue weighted by molar-refractivity contribution is 6.10. The van der Waals surface area contributed by atoms with Gasteiger partial charge in [0.1, 0.15) is 23.0 Å². The third kappa shape index (κ3) is 4.18. The number of ether oxygens (including phenoxy) is 1. The third-order valence-electron chi connectivity index (χ3n) is 6.17. The van der Waals surface area contributed by atoms with Gasteiger partial charge in [-0.25, -0.2) is 9.37 Å². The highest BCUT2D eigenvalue weighted by Gasteiger charge is 2.44. The number of pyridine rings is 1. The molecule has 3 heterocycles. The van der Waals surface area contributed by atoms with Crippen molar-refractivity contribution in [2.75, 3.05) is 11.5 Å². The number of halogens is 1. The van der Waals surface area contributed by atoms with E-state index < -0.39 is 23.2 Å². The van der Waals surface area contributed by atoms with Gasteiger partial charge in [-0.3, -0.25) is 14.5 Å². The molecule has 0 aliphatic carbocycles. The molecule has 1 unspecified atom stereocenters. The van der Waals surface area contributed by atoms with Crippen molar-refractivity contribution in [1.82, 2.24) is 4.98 Å². The molecule has 0 fully saturated rings. The van der Waals surface area contributed by atoms with Gasteiger partial charge in [0, 0.05) is 6.20 Å². The zero-order chi connectivity index (χ0) is 24.5. The fourth-order valence-corrected chi connectivity index (χ4v) is 4.47. The molecule has 2 aromatic heterocycles. The molecule has 0 saturated heterocycles. The summed E-state index contributed by atoms with van der Waals surface area (Å²) in [6.07, 6.45) is 4.72. The van der Waals surface area contributed by atoms with Crippen LogP contribution in [-0.2, 0) is 0 Å². The second-order valence-electron chi connectivity index (χ2n) is 8.71. The van der Waals surface area contributed by atoms with Crippen molar-refractivity contribution in [2.24, 2.45) is 0 Å². The average Bonchev–Trinajstić information content (AvgIpc) is 3.15. The monoisotopic (exact) mass is 472 g/mol. The Balaban J connectivity index is 1.68. The van der Waals surface area contributed by atoms with Crippen LogP contribution in [0.15, 0.2) is 70.0 Å². The van der Waals surface area contributed by atoms with Crippen LogP contribution < -0.4 is 15.1 Å². The summed E-state index contributed by atoms with van der Waals surface area (Å²) in [4.78, 5) is 33.1. The number of benzene rings is 2. The van der Waals surface area contributed by atoms with Crippen molar-refractivity contribution in [2.45, 2.75) is 39.2 Å². The van der Waals surface area contributed by atoms with Crippen LogP contribution in [0, 0.1) is 12.7 Å². The first-order chi connectivity index (χ1) is 17.0. The van der Waals surface area contributed by atoms with Crippen LogP contribution in [0.4, 0.5) is 10.2 Å². The van der Waals surface area contributed by atoms with Crippen LogP contribution in [0.2, 0.25) is 0 Å². The Labute approximate surface area is 202 Å². The topological polar surface area (TPSA) is 72.6 Å². The molecule has 0 radical (unpaired) electrons. The zero-order valence-corrected chi connectivity index (χ0v) is 19.6. The van der Waals surface area contributed by atoms with Crippen LogP contribution in [0.5, 0.6) is 5.75 Å². The predicted molar refractivity (Wildman–Crippen MR) is 132 cm³/mol. The smallest absolute Gasteiger partial charge is 0.296 e. The number of aromatic nitrogens is 1. The Kier molecular flexibility index (Phi) is 6.07. The number of amides is 1. The number of hydrogen-bond acceptors (Lipinski definition) is 5. The SMILES string of the molecule is CCCCCOc1cccc(C2c3c(oc4ccc(F)cc4c3=O)C(=O)N2c2cc(C)ccn2)c1. The van der Waals surface area contributed by atoms with E-state index in [-0.39, 0.29) is 22.3 Å². The molecule has 1 aliphatic heterocycles. The van der Waals surface area contributed by atoms with E-state index in [1.165, 1.54) is 17.0 Å². The molecule has 35 heavy (non-hydrogen) atoms. The van der Waals surface area contributed by atoms with Crippen molar-refractivity contribution in [3.05, 3.63) is 99.3 Å². The second-order valence-corrected chi connectivity index (χ2v) is 8.71. The number of anilines is 1. The highest BCUT2D eigenvalue weighted by atomic mass is 19.1. The summed E-state index contributed by atoms with van der Waals surface area (Å²) in [6, 6.07) is 13.9. The first kappa shape index (κ1) is 22.8. The number of hydrogen-bond donors (Lipinski definition) is 0. The standard InChI is InChI=1S/C28H25FN2O4/c1-3-4-5-13-34-20-8-6-7-18(15-20)25-24-26(32)21-16-19(29)9-10-22(21)35-27(24)28(33)31(25)23-14-17(2)11-12-30-23/h6-12,14-16,25H,3-5,13H2,1-2H3. The van der Waals surface area contributed by atoms with Gasteiger partial charge in [-0.1, -0.05) is 31.9 Å². The maximum atomic E-state index is 14.0. The quantitative estimate of drug-likeness (QED) is 0.311. The number of rotatable bonds is 7. The Morgan fingerprint density at radius 1 is 1.09 bits per heavy atom. The lowest BCUT2D eigenvalue weighted by Gasteiger charge is -2.24. The molecule has 0 saturated carbocycles. The normalized spacial score (nSPS) is 15.0. The van der Waals surface area contributed by atoms with Gasteiger partial charge in [-0.15, -0.1) is 0 Å². The number of fused-ring (bicyclic) bond motifs is 2. The van der Waals surface area contributed by atoms with E-state index in [4.69, 9.17) is 9.15 Å². The van der Waals surface area contributed by atoms with Crippen LogP contribution >= 0.6 is 0 Å². The van der Waals surface area contributed by atoms with E-state index in [0.717, 1.165) is 30.9 Å². The summed E-state index contributed by atoms with van der Waals surface area (Å²) in [5.41, 5.74) is 1.48. The van der Waals surface area contributed by atoms with Gasteiger partial charge in [-0.05, 0) is 66.9 Å². The van der Waals surface area contributed by atoms with Gasteiger partial charge in [0.15, 0.2) is 5.43 Å². The molecule has 2 aromatic carbocycles. The first-order valence-electron chi connectivity index (χ1n) is 11.7. The summed E-state index contributed by atoms with van der Waals surface area (Å²) < 4.78 is 25.8. The Morgan fingerprint density at radius 2 is 1.94 bits per heavy atom. The predicted octanol–water partition coefficient (Wildman–Crippen LogP) is 5.95. The van der Waals surface area contributed by atoms with Gasteiger partial charge >= 0.3 is 0 Å². The largest absolute Gasteiger partial charge is 0.494 e. The number of unbranched alkanes of at least 4 members (excludes halogenated alkanes) is 2. The van der Waals surface area contributed by atoms with Crippen molar-refractivity contribution < 1.29 is 18.3 Å². The van der Waals surface area contributed by atoms with E-state index >= 15 is 0 Å². The number of carbonyl (C=O) groups is 1. The molecular formula is C28H25FN2O4. The summed E-state index contributed by atoms with van der Waals surface area (Å²) >= 11 is 0. The molecule has 0 N–H and O–H groups in total. The Bertz CT molecular complexity index is 1480. The van der Waals surface area contributed by atoms with Gasteiger partial charge in [0.05, 0.1) is 23.6 Å². The lowest BCUT2D eigenvalue weighted by Crippen LogP contribution is -2.30. The van der Waals surface area contributed by atoms with Crippen LogP contribution in [0.1, 0.15) is 59.5 Å². The molecule has 1 amide bonds. The maximum absolute atomic E-state index is 14.0. The molecule has 7 heteroatoms. The van der Waals surface area contributed by atoms with Crippen molar-refractivity contribution in [3.8, 4) is 5.75 Å². The fraction of sp³-hybridized carbons (Fsp3) is 0.250. The molecule has 0 spiro atoms. The molecule has 6 nitrogen and oxygen atoms in total. The first-order valence-corrected chi connectivity index (χ1v) is 11.7. The summed E-state index contributed by atoms with van der Waals surface area (Å²) in [6.45, 7) is 4.61. The summed E-state index contributed by atoms with van der Waals surface area (Å²) in [5.74, 6) is -0.0362. The van der Waals surface area contributed by atoms with E-state index in [1.54, 1.807) is 12.3 Å². The zero-order valence-electron chi connectivity index (χ0n) is 19.6. The van der Waals surface area contributed by atoms with Gasteiger partial charge < -0.3 is 9.15 Å². The molecule has 178 valence electrons. The third-order valence-corrected chi connectivity index (χ3v) is 6.17. The minimum absolute atomic E-state index is 0.0586. The molecular weight excluding hydrogens is 447 g/mol. The number of aryl methyl sites for hydroxylation is 1. The van der Waals surface area contributed by atoms with Crippen LogP contribution in [0.25, 0.3) is 11.0 Å². The highest BCUT2D eigenvalue weighted by Crippen LogP contribution is 2.41. The number of nitrogens with zero attached hydrogens (tertiary/aromatic N) is 2. The lowest BCUT2D eigenvalue weighted by molar-refractivity contribution is 0.0970. The fourth-order valence-electron chi connectivity index (χ4n) is 4.47. The molecule has 5 rings (SSSR count). The Morgan fingerprint density at radius 3 is 2.74 bits per heavy atom. The average molecular weight is 473 g/mol. The van der Waals surface area contributed by atoms with Crippen molar-refractivity contribution in [1.29, 1.82) is 0 Å². The number of carbonyl (C=O) groups excluding carboxylic acids is 1.